The summed E-state index contributed by atoms with van der Waals surface area (Å²) in [6, 6.07) is 7.68. The van der Waals surface area contributed by atoms with Gasteiger partial charge in [0.15, 0.2) is 5.69 Å². The van der Waals surface area contributed by atoms with Gasteiger partial charge in [-0.05, 0) is 44.2 Å². The maximum Gasteiger partial charge on any atom is 0.416 e. The van der Waals surface area contributed by atoms with Gasteiger partial charge in [-0.3, -0.25) is 14.3 Å². The lowest BCUT2D eigenvalue weighted by Gasteiger charge is -2.17. The average molecular weight is 454 g/mol. The molecular formula is C22H17F3N6O2. The molecule has 1 N–H and O–H groups in total. The van der Waals surface area contributed by atoms with E-state index in [1.807, 2.05) is 6.07 Å². The number of rotatable bonds is 4. The van der Waals surface area contributed by atoms with Crippen molar-refractivity contribution in [3.8, 4) is 6.07 Å². The first-order valence-electron chi connectivity index (χ1n) is 9.88. The fraction of sp³-hybridized carbons (Fsp3) is 0.227. The molecule has 0 aliphatic rings. The summed E-state index contributed by atoms with van der Waals surface area (Å²) in [6.45, 7) is 3.44. The van der Waals surface area contributed by atoms with E-state index in [1.54, 1.807) is 36.6 Å². The van der Waals surface area contributed by atoms with Gasteiger partial charge in [0.25, 0.3) is 0 Å². The number of imidazole rings is 1. The van der Waals surface area contributed by atoms with Gasteiger partial charge in [-0.25, -0.2) is 4.98 Å². The van der Waals surface area contributed by atoms with Crippen molar-refractivity contribution in [2.75, 3.05) is 5.32 Å². The fourth-order valence-electron chi connectivity index (χ4n) is 3.50. The summed E-state index contributed by atoms with van der Waals surface area (Å²) in [5, 5.41) is 15.9. The number of carbonyl (C=O) groups is 1. The number of aromatic nitrogens is 4. The summed E-state index contributed by atoms with van der Waals surface area (Å²) in [4.78, 5) is 29.4. The van der Waals surface area contributed by atoms with E-state index >= 15 is 0 Å². The molecule has 0 saturated carbocycles. The molecule has 1 amide bonds. The molecule has 0 aliphatic carbocycles. The maximum atomic E-state index is 13.1. The molecule has 3 aromatic heterocycles. The number of nitrogens with zero attached hydrogens (tertiary/aromatic N) is 5. The van der Waals surface area contributed by atoms with Crippen LogP contribution >= 0.6 is 0 Å². The molecule has 0 unspecified atom stereocenters. The van der Waals surface area contributed by atoms with Crippen molar-refractivity contribution >= 4 is 28.0 Å². The summed E-state index contributed by atoms with van der Waals surface area (Å²) in [7, 11) is 0. The first-order chi connectivity index (χ1) is 15.6. The number of hydrogen-bond donors (Lipinski definition) is 1. The molecule has 168 valence electrons. The van der Waals surface area contributed by atoms with E-state index in [9.17, 15) is 22.8 Å². The van der Waals surface area contributed by atoms with Crippen molar-refractivity contribution in [3.05, 3.63) is 70.0 Å². The zero-order chi connectivity index (χ0) is 23.9. The van der Waals surface area contributed by atoms with E-state index in [1.165, 1.54) is 11.0 Å². The molecule has 3 heterocycles. The van der Waals surface area contributed by atoms with Gasteiger partial charge in [0.05, 0.1) is 28.7 Å². The Labute approximate surface area is 184 Å². The molecule has 0 aliphatic heterocycles. The van der Waals surface area contributed by atoms with Crippen LogP contribution < -0.4 is 10.7 Å². The molecule has 0 atom stereocenters. The average Bonchev–Trinajstić information content (AvgIpc) is 3.16. The van der Waals surface area contributed by atoms with Crippen LogP contribution in [0.25, 0.3) is 16.4 Å². The number of fused-ring (bicyclic) bond motifs is 2. The zero-order valence-electron chi connectivity index (χ0n) is 17.5. The Morgan fingerprint density at radius 2 is 1.97 bits per heavy atom. The van der Waals surface area contributed by atoms with E-state index in [2.05, 4.69) is 15.4 Å². The van der Waals surface area contributed by atoms with Gasteiger partial charge in [-0.1, -0.05) is 0 Å². The largest absolute Gasteiger partial charge is 0.416 e. The lowest BCUT2D eigenvalue weighted by atomic mass is 10.1. The minimum Gasteiger partial charge on any atom is -0.324 e. The highest BCUT2D eigenvalue weighted by Gasteiger charge is 2.31. The van der Waals surface area contributed by atoms with Gasteiger partial charge in [-0.2, -0.15) is 23.5 Å². The lowest BCUT2D eigenvalue weighted by molar-refractivity contribution is -0.137. The molecule has 4 rings (SSSR count). The summed E-state index contributed by atoms with van der Waals surface area (Å²) < 4.78 is 42.3. The molecule has 0 radical (unpaired) electrons. The second-order valence-corrected chi connectivity index (χ2v) is 7.68. The number of anilines is 1. The molecule has 33 heavy (non-hydrogen) atoms. The van der Waals surface area contributed by atoms with Gasteiger partial charge >= 0.3 is 6.18 Å². The smallest absolute Gasteiger partial charge is 0.324 e. The third kappa shape index (κ3) is 4.15. The number of nitriles is 1. The Morgan fingerprint density at radius 3 is 2.64 bits per heavy atom. The summed E-state index contributed by atoms with van der Waals surface area (Å²) >= 11 is 0. The Bertz CT molecular complexity index is 1490. The quantitative estimate of drug-likeness (QED) is 0.506. The highest BCUT2D eigenvalue weighted by molar-refractivity contribution is 5.92. The minimum absolute atomic E-state index is 0.0489. The Kier molecular flexibility index (Phi) is 5.37. The monoisotopic (exact) mass is 454 g/mol. The first-order valence-corrected chi connectivity index (χ1v) is 9.88. The van der Waals surface area contributed by atoms with E-state index < -0.39 is 23.1 Å². The van der Waals surface area contributed by atoms with Crippen LogP contribution in [0.5, 0.6) is 0 Å². The van der Waals surface area contributed by atoms with Crippen LogP contribution in [0.3, 0.4) is 0 Å². The number of alkyl halides is 3. The minimum atomic E-state index is -4.56. The normalized spacial score (nSPS) is 11.8. The summed E-state index contributed by atoms with van der Waals surface area (Å²) in [6.07, 6.45) is -1.92. The number of halogens is 3. The second-order valence-electron chi connectivity index (χ2n) is 7.68. The van der Waals surface area contributed by atoms with Crippen molar-refractivity contribution in [3.63, 3.8) is 0 Å². The molecule has 1 aromatic carbocycles. The van der Waals surface area contributed by atoms with Crippen LogP contribution in [0.1, 0.15) is 36.8 Å². The lowest BCUT2D eigenvalue weighted by Crippen LogP contribution is -2.25. The van der Waals surface area contributed by atoms with Crippen LogP contribution in [-0.2, 0) is 17.4 Å². The van der Waals surface area contributed by atoms with Crippen molar-refractivity contribution < 1.29 is 18.0 Å². The number of benzene rings is 1. The standard InChI is InChI=1S/C22H17F3N6O2/c1-12(2)31-19-7-13(22(23,24)25)3-5-15(19)21(33)16(29-31)8-20(32)28-14-4-6-18-17(9-26)27-11-30(18)10-14/h3-7,10-12H,8H2,1-2H3,(H,28,32). The number of amides is 1. The third-order valence-corrected chi connectivity index (χ3v) is 5.04. The van der Waals surface area contributed by atoms with Gasteiger partial charge in [0.1, 0.15) is 18.1 Å². The molecule has 11 heteroatoms. The van der Waals surface area contributed by atoms with Crippen LogP contribution in [0.2, 0.25) is 0 Å². The molecule has 8 nitrogen and oxygen atoms in total. The molecule has 0 saturated heterocycles. The van der Waals surface area contributed by atoms with Gasteiger partial charge < -0.3 is 9.72 Å². The Balaban J connectivity index is 1.67. The number of carbonyl (C=O) groups excluding carboxylic acids is 1. The van der Waals surface area contributed by atoms with E-state index in [4.69, 9.17) is 5.26 Å². The highest BCUT2D eigenvalue weighted by Crippen LogP contribution is 2.31. The molecule has 0 spiro atoms. The Morgan fingerprint density at radius 1 is 1.21 bits per heavy atom. The topological polar surface area (TPSA) is 105 Å². The van der Waals surface area contributed by atoms with E-state index in [0.29, 0.717) is 11.2 Å². The van der Waals surface area contributed by atoms with Crippen LogP contribution in [-0.4, -0.2) is 25.1 Å². The van der Waals surface area contributed by atoms with Crippen molar-refractivity contribution in [2.24, 2.45) is 0 Å². The highest BCUT2D eigenvalue weighted by atomic mass is 19.4. The number of hydrogen-bond acceptors (Lipinski definition) is 5. The van der Waals surface area contributed by atoms with E-state index in [0.717, 1.165) is 18.2 Å². The van der Waals surface area contributed by atoms with Crippen LogP contribution in [0, 0.1) is 11.3 Å². The molecule has 4 aromatic rings. The second kappa shape index (κ2) is 8.05. The molecular weight excluding hydrogens is 437 g/mol. The predicted molar refractivity (Wildman–Crippen MR) is 114 cm³/mol. The van der Waals surface area contributed by atoms with Crippen LogP contribution in [0.15, 0.2) is 47.7 Å². The van der Waals surface area contributed by atoms with E-state index in [-0.39, 0.29) is 34.8 Å². The first kappa shape index (κ1) is 22.0. The van der Waals surface area contributed by atoms with Gasteiger partial charge in [-0.15, -0.1) is 0 Å². The number of pyridine rings is 1. The van der Waals surface area contributed by atoms with Crippen molar-refractivity contribution in [1.82, 2.24) is 19.2 Å². The molecule has 0 fully saturated rings. The predicted octanol–water partition coefficient (Wildman–Crippen LogP) is 3.70. The zero-order valence-corrected chi connectivity index (χ0v) is 17.5. The van der Waals surface area contributed by atoms with Crippen LogP contribution in [0.4, 0.5) is 18.9 Å². The number of nitrogens with one attached hydrogen (secondary N) is 1. The van der Waals surface area contributed by atoms with Gasteiger partial charge in [0.2, 0.25) is 11.3 Å². The summed E-state index contributed by atoms with van der Waals surface area (Å²) in [5.74, 6) is -0.527. The molecule has 0 bridgehead atoms. The summed E-state index contributed by atoms with van der Waals surface area (Å²) in [5.41, 5.74) is -0.285. The fourth-order valence-corrected chi connectivity index (χ4v) is 3.50. The maximum absolute atomic E-state index is 13.1. The Hall–Kier alpha value is -4.20. The van der Waals surface area contributed by atoms with Gasteiger partial charge in [0, 0.05) is 17.6 Å². The third-order valence-electron chi connectivity index (χ3n) is 5.04. The SMILES string of the molecule is CC(C)n1nc(CC(=O)Nc2ccc3c(C#N)ncn3c2)c(=O)c2ccc(C(F)(F)F)cc21. The van der Waals surface area contributed by atoms with Crippen molar-refractivity contribution in [1.29, 1.82) is 5.26 Å². The van der Waals surface area contributed by atoms with Crippen molar-refractivity contribution in [2.45, 2.75) is 32.5 Å².